The highest BCUT2D eigenvalue weighted by molar-refractivity contribution is 7.17. The van der Waals surface area contributed by atoms with E-state index in [0.29, 0.717) is 35.1 Å². The van der Waals surface area contributed by atoms with Gasteiger partial charge in [0.1, 0.15) is 5.00 Å². The summed E-state index contributed by atoms with van der Waals surface area (Å²) in [5.74, 6) is 0.426. The minimum absolute atomic E-state index is 0.00226. The highest BCUT2D eigenvalue weighted by Gasteiger charge is 2.36. The van der Waals surface area contributed by atoms with Crippen molar-refractivity contribution in [2.24, 2.45) is 11.3 Å². The number of benzene rings is 1. The lowest BCUT2D eigenvalue weighted by Gasteiger charge is -2.36. The zero-order chi connectivity index (χ0) is 23.9. The zero-order valence-electron chi connectivity index (χ0n) is 20.7. The maximum atomic E-state index is 13.8. The smallest absolute Gasteiger partial charge is 0.257 e. The fourth-order valence-electron chi connectivity index (χ4n) is 5.14. The van der Waals surface area contributed by atoms with E-state index in [1.807, 2.05) is 49.9 Å². The third-order valence-corrected chi connectivity index (χ3v) is 8.20. The Morgan fingerprint density at radius 1 is 1.12 bits per heavy atom. The van der Waals surface area contributed by atoms with Crippen molar-refractivity contribution in [1.82, 2.24) is 4.90 Å². The predicted octanol–water partition coefficient (Wildman–Crippen LogP) is 5.71. The summed E-state index contributed by atoms with van der Waals surface area (Å²) in [6.45, 7) is 14.0. The van der Waals surface area contributed by atoms with Crippen LogP contribution in [0.4, 0.5) is 5.00 Å². The lowest BCUT2D eigenvalue weighted by molar-refractivity contribution is -0.0586. The molecule has 1 saturated heterocycles. The Balaban J connectivity index is 1.71. The molecule has 1 N–H and O–H groups in total. The van der Waals surface area contributed by atoms with Crippen LogP contribution in [0.15, 0.2) is 24.3 Å². The lowest BCUT2D eigenvalue weighted by atomic mass is 9.72. The van der Waals surface area contributed by atoms with Crippen LogP contribution in [0.25, 0.3) is 0 Å². The van der Waals surface area contributed by atoms with Gasteiger partial charge in [-0.25, -0.2) is 0 Å². The highest BCUT2D eigenvalue weighted by atomic mass is 32.1. The van der Waals surface area contributed by atoms with Gasteiger partial charge in [0.2, 0.25) is 0 Å². The minimum Gasteiger partial charge on any atom is -0.372 e. The van der Waals surface area contributed by atoms with Crippen LogP contribution in [-0.4, -0.2) is 42.0 Å². The van der Waals surface area contributed by atoms with Crippen molar-refractivity contribution < 1.29 is 14.3 Å². The topological polar surface area (TPSA) is 58.6 Å². The molecule has 0 radical (unpaired) electrons. The van der Waals surface area contributed by atoms with Crippen LogP contribution in [0.3, 0.4) is 0 Å². The number of amides is 2. The standard InChI is InChI=1S/C27H36N2O3S/c1-16-9-7-8-10-20(16)24(30)28-25-23(26(31)29-14-17(2)32-18(3)15-29)21-12-11-19(27(4,5)6)13-22(21)33-25/h7-10,17-19H,11-15H2,1-6H3,(H,28,30)/t17-,18-,19-/m1/s1. The van der Waals surface area contributed by atoms with Gasteiger partial charge in [0.25, 0.3) is 11.8 Å². The summed E-state index contributed by atoms with van der Waals surface area (Å²) in [7, 11) is 0. The van der Waals surface area contributed by atoms with E-state index in [0.717, 1.165) is 30.4 Å². The van der Waals surface area contributed by atoms with E-state index in [1.165, 1.54) is 4.88 Å². The van der Waals surface area contributed by atoms with Gasteiger partial charge in [-0.1, -0.05) is 39.0 Å². The number of ether oxygens (including phenoxy) is 1. The van der Waals surface area contributed by atoms with Crippen LogP contribution in [0.5, 0.6) is 0 Å². The molecule has 0 bridgehead atoms. The second kappa shape index (κ2) is 9.22. The number of hydrogen-bond donors (Lipinski definition) is 1. The Hall–Kier alpha value is -2.18. The van der Waals surface area contributed by atoms with Gasteiger partial charge in [0, 0.05) is 23.5 Å². The highest BCUT2D eigenvalue weighted by Crippen LogP contribution is 2.45. The third kappa shape index (κ3) is 5.02. The van der Waals surface area contributed by atoms with Crippen molar-refractivity contribution in [3.8, 4) is 0 Å². The second-order valence-corrected chi connectivity index (χ2v) is 11.9. The maximum Gasteiger partial charge on any atom is 0.257 e. The van der Waals surface area contributed by atoms with Gasteiger partial charge in [-0.3, -0.25) is 9.59 Å². The fourth-order valence-corrected chi connectivity index (χ4v) is 6.45. The molecule has 4 rings (SSSR count). The molecule has 2 amide bonds. The molecule has 3 atom stereocenters. The number of hydrogen-bond acceptors (Lipinski definition) is 4. The molecule has 6 heteroatoms. The summed E-state index contributed by atoms with van der Waals surface area (Å²) in [4.78, 5) is 30.2. The molecule has 2 aromatic rings. The van der Waals surface area contributed by atoms with E-state index in [1.54, 1.807) is 11.3 Å². The molecule has 0 unspecified atom stereocenters. The van der Waals surface area contributed by atoms with Crippen molar-refractivity contribution in [1.29, 1.82) is 0 Å². The first-order valence-electron chi connectivity index (χ1n) is 12.0. The van der Waals surface area contributed by atoms with Crippen molar-refractivity contribution in [3.05, 3.63) is 51.4 Å². The van der Waals surface area contributed by atoms with Gasteiger partial charge in [0.15, 0.2) is 0 Å². The number of anilines is 1. The largest absolute Gasteiger partial charge is 0.372 e. The molecule has 1 aromatic heterocycles. The molecular formula is C27H36N2O3S. The molecule has 0 saturated carbocycles. The SMILES string of the molecule is Cc1ccccc1C(=O)Nc1sc2c(c1C(=O)N1C[C@@H](C)O[C@H](C)C1)CC[C@@H](C(C)(C)C)C2. The average Bonchev–Trinajstić information content (AvgIpc) is 3.09. The van der Waals surface area contributed by atoms with E-state index >= 15 is 0 Å². The molecule has 5 nitrogen and oxygen atoms in total. The molecule has 178 valence electrons. The number of aryl methyl sites for hydroxylation is 1. The third-order valence-electron chi connectivity index (χ3n) is 7.03. The second-order valence-electron chi connectivity index (χ2n) is 10.8. The number of morpholine rings is 1. The Kier molecular flexibility index (Phi) is 6.70. The van der Waals surface area contributed by atoms with Gasteiger partial charge >= 0.3 is 0 Å². The van der Waals surface area contributed by atoms with Crippen LogP contribution in [0.2, 0.25) is 0 Å². The normalized spacial score (nSPS) is 23.2. The predicted molar refractivity (Wildman–Crippen MR) is 134 cm³/mol. The molecular weight excluding hydrogens is 432 g/mol. The summed E-state index contributed by atoms with van der Waals surface area (Å²) in [5.41, 5.74) is 3.62. The summed E-state index contributed by atoms with van der Waals surface area (Å²) in [6, 6.07) is 7.57. The minimum atomic E-state index is -0.156. The molecule has 1 aliphatic heterocycles. The number of thiophene rings is 1. The van der Waals surface area contributed by atoms with Crippen LogP contribution in [-0.2, 0) is 17.6 Å². The number of nitrogens with one attached hydrogen (secondary N) is 1. The van der Waals surface area contributed by atoms with Crippen LogP contribution < -0.4 is 5.32 Å². The average molecular weight is 469 g/mol. The van der Waals surface area contributed by atoms with E-state index in [9.17, 15) is 9.59 Å². The van der Waals surface area contributed by atoms with Gasteiger partial charge in [-0.05, 0) is 68.6 Å². The lowest BCUT2D eigenvalue weighted by Crippen LogP contribution is -2.48. The fraction of sp³-hybridized carbons (Fsp3) is 0.556. The van der Waals surface area contributed by atoms with E-state index in [2.05, 4.69) is 26.1 Å². The van der Waals surface area contributed by atoms with Crippen molar-refractivity contribution in [2.45, 2.75) is 73.0 Å². The monoisotopic (exact) mass is 468 g/mol. The Morgan fingerprint density at radius 3 is 2.42 bits per heavy atom. The van der Waals surface area contributed by atoms with Crippen molar-refractivity contribution in [2.75, 3.05) is 18.4 Å². The molecule has 2 heterocycles. The first-order chi connectivity index (χ1) is 15.5. The summed E-state index contributed by atoms with van der Waals surface area (Å²) >= 11 is 1.59. The number of nitrogens with zero attached hydrogens (tertiary/aromatic N) is 1. The van der Waals surface area contributed by atoms with Crippen LogP contribution in [0.1, 0.15) is 77.8 Å². The Labute approximate surface area is 201 Å². The Morgan fingerprint density at radius 2 is 1.79 bits per heavy atom. The summed E-state index contributed by atoms with van der Waals surface area (Å²) in [6.07, 6.45) is 2.91. The van der Waals surface area contributed by atoms with Crippen LogP contribution >= 0.6 is 11.3 Å². The first-order valence-corrected chi connectivity index (χ1v) is 12.8. The van der Waals surface area contributed by atoms with Gasteiger partial charge in [0.05, 0.1) is 17.8 Å². The molecule has 2 aliphatic rings. The van der Waals surface area contributed by atoms with E-state index in [4.69, 9.17) is 4.74 Å². The molecule has 0 spiro atoms. The van der Waals surface area contributed by atoms with E-state index < -0.39 is 0 Å². The summed E-state index contributed by atoms with van der Waals surface area (Å²) < 4.78 is 5.85. The van der Waals surface area contributed by atoms with Crippen LogP contribution in [0, 0.1) is 18.3 Å². The molecule has 1 fully saturated rings. The number of rotatable bonds is 3. The number of carbonyl (C=O) groups is 2. The van der Waals surface area contributed by atoms with Crippen molar-refractivity contribution in [3.63, 3.8) is 0 Å². The van der Waals surface area contributed by atoms with Gasteiger partial charge in [-0.15, -0.1) is 11.3 Å². The van der Waals surface area contributed by atoms with E-state index in [-0.39, 0.29) is 29.4 Å². The van der Waals surface area contributed by atoms with Gasteiger partial charge in [-0.2, -0.15) is 0 Å². The summed E-state index contributed by atoms with van der Waals surface area (Å²) in [5, 5.41) is 3.82. The zero-order valence-corrected chi connectivity index (χ0v) is 21.5. The quantitative estimate of drug-likeness (QED) is 0.628. The number of fused-ring (bicyclic) bond motifs is 1. The Bertz CT molecular complexity index is 1040. The molecule has 1 aromatic carbocycles. The molecule has 33 heavy (non-hydrogen) atoms. The first kappa shape index (κ1) is 24.0. The molecule has 1 aliphatic carbocycles. The van der Waals surface area contributed by atoms with Crippen molar-refractivity contribution >= 4 is 28.2 Å². The van der Waals surface area contributed by atoms with Gasteiger partial charge < -0.3 is 15.0 Å². The number of carbonyl (C=O) groups excluding carboxylic acids is 2. The maximum absolute atomic E-state index is 13.8.